The van der Waals surface area contributed by atoms with Gasteiger partial charge in [-0.3, -0.25) is 0 Å². The van der Waals surface area contributed by atoms with Crippen LogP contribution in [-0.2, 0) is 4.74 Å². The van der Waals surface area contributed by atoms with E-state index in [1.54, 1.807) is 0 Å². The minimum Gasteiger partial charge on any atom is -0.444 e. The molecule has 2 unspecified atom stereocenters. The van der Waals surface area contributed by atoms with Crippen molar-refractivity contribution >= 4 is 34.3 Å². The van der Waals surface area contributed by atoms with Crippen molar-refractivity contribution in [1.29, 1.82) is 0 Å². The maximum absolute atomic E-state index is 12.0. The number of nitrogens with one attached hydrogen (secondary N) is 1. The minimum atomic E-state index is -0.675. The molecular formula is C20H26INO3. The van der Waals surface area contributed by atoms with E-state index in [1.807, 2.05) is 61.6 Å². The summed E-state index contributed by atoms with van der Waals surface area (Å²) >= 11 is 1.93. The molecule has 1 aliphatic carbocycles. The van der Waals surface area contributed by atoms with Crippen LogP contribution in [0.25, 0.3) is 5.57 Å². The lowest BCUT2D eigenvalue weighted by Crippen LogP contribution is -2.43. The first-order chi connectivity index (χ1) is 11.7. The summed E-state index contributed by atoms with van der Waals surface area (Å²) in [6, 6.07) is 9.97. The fourth-order valence-electron chi connectivity index (χ4n) is 2.70. The zero-order valence-electron chi connectivity index (χ0n) is 15.0. The second-order valence-electron chi connectivity index (χ2n) is 7.21. The quantitative estimate of drug-likeness (QED) is 0.494. The largest absolute Gasteiger partial charge is 0.444 e. The number of alkyl carbamates (subject to hydrolysis) is 1. The topological polar surface area (TPSA) is 58.6 Å². The van der Waals surface area contributed by atoms with Crippen molar-refractivity contribution in [2.24, 2.45) is 0 Å². The third-order valence-corrected chi connectivity index (χ3v) is 4.76. The molecule has 0 aromatic heterocycles. The standard InChI is InChI=1S/C20H26INO3/c1-20(2,3)25-19(24)22-17(18(21)23)13-14-9-11-16(12-10-14)15-7-5-4-6-8-15/h4-9,11,17-18,23H,10,12-13H2,1-3H3,(H,22,24). The maximum atomic E-state index is 12.0. The second-order valence-corrected chi connectivity index (χ2v) is 8.49. The van der Waals surface area contributed by atoms with Gasteiger partial charge in [0.1, 0.15) is 9.71 Å². The number of benzene rings is 1. The highest BCUT2D eigenvalue weighted by Crippen LogP contribution is 2.29. The number of allylic oxidation sites excluding steroid dienone is 3. The predicted octanol–water partition coefficient (Wildman–Crippen LogP) is 4.83. The summed E-state index contributed by atoms with van der Waals surface area (Å²) in [5.41, 5.74) is 3.23. The normalized spacial score (nSPS) is 17.2. The summed E-state index contributed by atoms with van der Waals surface area (Å²) in [7, 11) is 0. The monoisotopic (exact) mass is 455 g/mol. The van der Waals surface area contributed by atoms with Crippen LogP contribution in [0.3, 0.4) is 0 Å². The zero-order valence-corrected chi connectivity index (χ0v) is 17.1. The Morgan fingerprint density at radius 1 is 1.24 bits per heavy atom. The number of ether oxygens (including phenoxy) is 1. The molecular weight excluding hydrogens is 429 g/mol. The molecule has 0 saturated carbocycles. The number of hydrogen-bond acceptors (Lipinski definition) is 3. The van der Waals surface area contributed by atoms with Gasteiger partial charge in [0.2, 0.25) is 0 Å². The summed E-state index contributed by atoms with van der Waals surface area (Å²) in [6.07, 6.45) is 6.25. The van der Waals surface area contributed by atoms with E-state index in [0.29, 0.717) is 6.42 Å². The lowest BCUT2D eigenvalue weighted by Gasteiger charge is -2.26. The van der Waals surface area contributed by atoms with Crippen LogP contribution < -0.4 is 5.32 Å². The van der Waals surface area contributed by atoms with Crippen molar-refractivity contribution in [3.63, 3.8) is 0 Å². The fraction of sp³-hybridized carbons (Fsp3) is 0.450. The third-order valence-electron chi connectivity index (χ3n) is 3.90. The smallest absolute Gasteiger partial charge is 0.407 e. The average molecular weight is 455 g/mol. The summed E-state index contributed by atoms with van der Waals surface area (Å²) in [5, 5.41) is 12.8. The van der Waals surface area contributed by atoms with Gasteiger partial charge in [0.15, 0.2) is 0 Å². The first-order valence-corrected chi connectivity index (χ1v) is 9.75. The van der Waals surface area contributed by atoms with Gasteiger partial charge in [0.25, 0.3) is 0 Å². The molecule has 1 amide bonds. The highest BCUT2D eigenvalue weighted by molar-refractivity contribution is 14.1. The fourth-order valence-corrected chi connectivity index (χ4v) is 3.14. The van der Waals surface area contributed by atoms with E-state index >= 15 is 0 Å². The van der Waals surface area contributed by atoms with Gasteiger partial charge in [-0.1, -0.05) is 48.1 Å². The Morgan fingerprint density at radius 3 is 2.44 bits per heavy atom. The molecule has 0 spiro atoms. The van der Waals surface area contributed by atoms with Crippen molar-refractivity contribution < 1.29 is 14.6 Å². The number of carbonyl (C=O) groups excluding carboxylic acids is 1. The van der Waals surface area contributed by atoms with Crippen LogP contribution >= 0.6 is 22.6 Å². The molecule has 0 bridgehead atoms. The first kappa shape index (κ1) is 20.0. The number of carbonyl (C=O) groups is 1. The van der Waals surface area contributed by atoms with Crippen LogP contribution in [0.15, 0.2) is 48.1 Å². The summed E-state index contributed by atoms with van der Waals surface area (Å²) in [4.78, 5) is 12.0. The molecule has 4 nitrogen and oxygen atoms in total. The Balaban J connectivity index is 1.99. The number of aliphatic hydroxyl groups is 1. The maximum Gasteiger partial charge on any atom is 0.407 e. The van der Waals surface area contributed by atoms with Gasteiger partial charge in [-0.25, -0.2) is 4.79 Å². The van der Waals surface area contributed by atoms with Gasteiger partial charge in [-0.15, -0.1) is 0 Å². The lowest BCUT2D eigenvalue weighted by molar-refractivity contribution is 0.0477. The van der Waals surface area contributed by atoms with Crippen LogP contribution in [-0.4, -0.2) is 27.0 Å². The molecule has 1 aromatic carbocycles. The first-order valence-electron chi connectivity index (χ1n) is 8.50. The molecule has 1 aliphatic rings. The lowest BCUT2D eigenvalue weighted by atomic mass is 9.90. The van der Waals surface area contributed by atoms with Gasteiger partial charge in [-0.05, 0) is 73.8 Å². The molecule has 0 radical (unpaired) electrons. The van der Waals surface area contributed by atoms with Gasteiger partial charge in [0.05, 0.1) is 6.04 Å². The molecule has 2 rings (SSSR count). The SMILES string of the molecule is CC(C)(C)OC(=O)NC(CC1=CC=C(c2ccccc2)CC1)C(O)I. The Bertz CT molecular complexity index is 645. The average Bonchev–Trinajstić information content (AvgIpc) is 2.54. The number of alkyl halides is 1. The van der Waals surface area contributed by atoms with Crippen LogP contribution in [0.2, 0.25) is 0 Å². The summed E-state index contributed by atoms with van der Waals surface area (Å²) in [6.45, 7) is 5.46. The number of aliphatic hydroxyl groups excluding tert-OH is 1. The van der Waals surface area contributed by atoms with Crippen LogP contribution in [0.5, 0.6) is 0 Å². The van der Waals surface area contributed by atoms with E-state index in [0.717, 1.165) is 12.8 Å². The van der Waals surface area contributed by atoms with Crippen molar-refractivity contribution in [2.75, 3.05) is 0 Å². The van der Waals surface area contributed by atoms with Gasteiger partial charge in [-0.2, -0.15) is 0 Å². The van der Waals surface area contributed by atoms with E-state index in [9.17, 15) is 9.90 Å². The Hall–Kier alpha value is -1.34. The summed E-state index contributed by atoms with van der Waals surface area (Å²) in [5.74, 6) is 0. The van der Waals surface area contributed by atoms with Crippen molar-refractivity contribution in [1.82, 2.24) is 5.32 Å². The molecule has 1 aromatic rings. The number of halogens is 1. The number of amides is 1. The molecule has 0 heterocycles. The molecule has 136 valence electrons. The second kappa shape index (κ2) is 8.85. The van der Waals surface area contributed by atoms with E-state index < -0.39 is 15.8 Å². The molecule has 5 heteroatoms. The zero-order chi connectivity index (χ0) is 18.4. The van der Waals surface area contributed by atoms with E-state index in [4.69, 9.17) is 4.74 Å². The molecule has 0 saturated heterocycles. The highest BCUT2D eigenvalue weighted by atomic mass is 127. The minimum absolute atomic E-state index is 0.367. The van der Waals surface area contributed by atoms with Crippen LogP contribution in [0.1, 0.15) is 45.6 Å². The van der Waals surface area contributed by atoms with E-state index in [2.05, 4.69) is 29.6 Å². The third kappa shape index (κ3) is 6.82. The number of rotatable bonds is 5. The molecule has 0 aliphatic heterocycles. The Kier molecular flexibility index (Phi) is 7.07. The van der Waals surface area contributed by atoms with Crippen molar-refractivity contribution in [3.8, 4) is 0 Å². The Labute approximate surface area is 163 Å². The van der Waals surface area contributed by atoms with Crippen molar-refractivity contribution in [3.05, 3.63) is 53.6 Å². The van der Waals surface area contributed by atoms with Crippen molar-refractivity contribution in [2.45, 2.75) is 55.8 Å². The predicted molar refractivity (Wildman–Crippen MR) is 110 cm³/mol. The van der Waals surface area contributed by atoms with E-state index in [1.165, 1.54) is 16.7 Å². The summed E-state index contributed by atoms with van der Waals surface area (Å²) < 4.78 is 4.61. The van der Waals surface area contributed by atoms with Gasteiger partial charge < -0.3 is 15.2 Å². The van der Waals surface area contributed by atoms with Gasteiger partial charge in [0, 0.05) is 0 Å². The molecule has 25 heavy (non-hydrogen) atoms. The van der Waals surface area contributed by atoms with E-state index in [-0.39, 0.29) is 6.04 Å². The number of hydrogen-bond donors (Lipinski definition) is 2. The molecule has 0 fully saturated rings. The van der Waals surface area contributed by atoms with Crippen LogP contribution in [0, 0.1) is 0 Å². The Morgan fingerprint density at radius 2 is 1.92 bits per heavy atom. The molecule has 2 atom stereocenters. The molecule has 2 N–H and O–H groups in total. The van der Waals surface area contributed by atoms with Crippen LogP contribution in [0.4, 0.5) is 4.79 Å². The highest BCUT2D eigenvalue weighted by Gasteiger charge is 2.24. The van der Waals surface area contributed by atoms with Gasteiger partial charge >= 0.3 is 6.09 Å².